The minimum atomic E-state index is -0.840. The van der Waals surface area contributed by atoms with Crippen molar-refractivity contribution in [3.05, 3.63) is 54.1 Å². The van der Waals surface area contributed by atoms with Gasteiger partial charge in [-0.05, 0) is 36.6 Å². The Kier molecular flexibility index (Phi) is 5.46. The summed E-state index contributed by atoms with van der Waals surface area (Å²) >= 11 is 0. The summed E-state index contributed by atoms with van der Waals surface area (Å²) in [6, 6.07) is 7.82. The van der Waals surface area contributed by atoms with Crippen molar-refractivity contribution in [2.75, 3.05) is 10.3 Å². The predicted octanol–water partition coefficient (Wildman–Crippen LogP) is 2.27. The summed E-state index contributed by atoms with van der Waals surface area (Å²) in [6.45, 7) is 1.65. The molecule has 1 amide bonds. The summed E-state index contributed by atoms with van der Waals surface area (Å²) in [5, 5.41) is 5.88. The first kappa shape index (κ1) is 19.2. The molecule has 0 aliphatic rings. The zero-order valence-corrected chi connectivity index (χ0v) is 15.1. The molecule has 0 saturated heterocycles. The molecule has 0 spiro atoms. The molecule has 0 fully saturated rings. The maximum atomic E-state index is 14.5. The van der Waals surface area contributed by atoms with Gasteiger partial charge in [0.15, 0.2) is 11.6 Å². The molecule has 9 heteroatoms. The summed E-state index contributed by atoms with van der Waals surface area (Å²) < 4.78 is 14.5. The van der Waals surface area contributed by atoms with Crippen LogP contribution in [0.3, 0.4) is 0 Å². The third-order valence-corrected chi connectivity index (χ3v) is 4.28. The molecule has 3 aromatic rings. The van der Waals surface area contributed by atoms with Gasteiger partial charge in [0.1, 0.15) is 12.1 Å². The summed E-state index contributed by atoms with van der Waals surface area (Å²) in [4.78, 5) is 30.7. The van der Waals surface area contributed by atoms with Crippen molar-refractivity contribution in [2.24, 2.45) is 11.6 Å². The number of carbonyl (C=O) groups is 2. The van der Waals surface area contributed by atoms with Crippen LogP contribution in [0.5, 0.6) is 0 Å². The normalized spacial score (nSPS) is 11.8. The van der Waals surface area contributed by atoms with Crippen LogP contribution in [-0.2, 0) is 4.79 Å². The van der Waals surface area contributed by atoms with E-state index in [2.05, 4.69) is 15.3 Å². The van der Waals surface area contributed by atoms with Gasteiger partial charge < -0.3 is 15.8 Å². The van der Waals surface area contributed by atoms with Crippen molar-refractivity contribution in [1.82, 2.24) is 9.97 Å². The summed E-state index contributed by atoms with van der Waals surface area (Å²) in [5.41, 5.74) is 5.86. The molecule has 0 aliphatic heterocycles. The third kappa shape index (κ3) is 3.89. The summed E-state index contributed by atoms with van der Waals surface area (Å²) in [5.74, 6) is 4.10. The Labute approximate surface area is 160 Å². The van der Waals surface area contributed by atoms with Crippen LogP contribution in [0.2, 0.25) is 0 Å². The number of benzene rings is 1. The average Bonchev–Trinajstić information content (AvgIpc) is 2.68. The number of fused-ring (bicyclic) bond motifs is 1. The summed E-state index contributed by atoms with van der Waals surface area (Å²) in [6.07, 6.45) is 4.16. The number of rotatable bonds is 7. The quantitative estimate of drug-likeness (QED) is 0.325. The van der Waals surface area contributed by atoms with E-state index in [9.17, 15) is 14.0 Å². The topological polar surface area (TPSA) is 127 Å². The number of primary amides is 1. The number of nitrogens with one attached hydrogen (secondary N) is 1. The first-order valence-electron chi connectivity index (χ1n) is 8.49. The Morgan fingerprint density at radius 3 is 2.82 bits per heavy atom. The number of nitrogens with two attached hydrogens (primary N) is 2. The maximum Gasteiger partial charge on any atom is 0.252 e. The molecule has 1 unspecified atom stereocenters. The first-order chi connectivity index (χ1) is 13.4. The van der Waals surface area contributed by atoms with E-state index in [1.165, 1.54) is 0 Å². The maximum absolute atomic E-state index is 14.5. The second-order valence-corrected chi connectivity index (χ2v) is 6.28. The van der Waals surface area contributed by atoms with Gasteiger partial charge in [0, 0.05) is 29.9 Å². The molecule has 144 valence electrons. The number of halogens is 1. The highest BCUT2D eigenvalue weighted by atomic mass is 19.1. The third-order valence-electron chi connectivity index (χ3n) is 4.28. The lowest BCUT2D eigenvalue weighted by molar-refractivity contribution is -0.108. The number of carbonyl (C=O) groups excluding carboxylic acids is 2. The Balaban J connectivity index is 2.02. The molecular weight excluding hydrogens is 363 g/mol. The molecule has 0 aliphatic carbocycles. The van der Waals surface area contributed by atoms with E-state index in [0.29, 0.717) is 12.0 Å². The number of aldehydes is 1. The van der Waals surface area contributed by atoms with Crippen LogP contribution in [0.4, 0.5) is 21.7 Å². The van der Waals surface area contributed by atoms with Gasteiger partial charge in [-0.1, -0.05) is 6.07 Å². The lowest BCUT2D eigenvalue weighted by Crippen LogP contribution is -2.41. The number of aromatic nitrogens is 2. The largest absolute Gasteiger partial charge is 0.365 e. The minimum Gasteiger partial charge on any atom is -0.365 e. The van der Waals surface area contributed by atoms with E-state index in [-0.39, 0.29) is 23.6 Å². The SMILES string of the molecule is CC(CC=O)N(N)c1nc(Nc2ccc3ccncc3c2)c(C(N)=O)cc1F. The molecule has 5 N–H and O–H groups in total. The number of hydrogen-bond acceptors (Lipinski definition) is 7. The van der Waals surface area contributed by atoms with Crippen LogP contribution < -0.4 is 21.9 Å². The van der Waals surface area contributed by atoms with E-state index in [4.69, 9.17) is 11.6 Å². The fourth-order valence-corrected chi connectivity index (χ4v) is 2.70. The molecule has 0 saturated carbocycles. The standard InChI is InChI=1S/C19H19FN6O2/c1-11(5-7-27)26(22)19-16(20)9-15(17(21)28)18(25-19)24-14-3-2-12-4-6-23-10-13(12)8-14/h2-4,6-11H,5,22H2,1H3,(H2,21,28)(H,24,25). The molecule has 0 radical (unpaired) electrons. The Morgan fingerprint density at radius 2 is 2.11 bits per heavy atom. The Bertz CT molecular complexity index is 1040. The number of hydrogen-bond donors (Lipinski definition) is 3. The van der Waals surface area contributed by atoms with E-state index < -0.39 is 17.8 Å². The minimum absolute atomic E-state index is 0.0564. The number of anilines is 3. The van der Waals surface area contributed by atoms with Crippen molar-refractivity contribution >= 4 is 40.3 Å². The lowest BCUT2D eigenvalue weighted by Gasteiger charge is -2.25. The fraction of sp³-hybridized carbons (Fsp3) is 0.158. The van der Waals surface area contributed by atoms with E-state index in [0.717, 1.165) is 21.8 Å². The van der Waals surface area contributed by atoms with Gasteiger partial charge in [-0.2, -0.15) is 0 Å². The molecule has 8 nitrogen and oxygen atoms in total. The van der Waals surface area contributed by atoms with Gasteiger partial charge in [-0.3, -0.25) is 14.8 Å². The van der Waals surface area contributed by atoms with Crippen LogP contribution in [0, 0.1) is 5.82 Å². The average molecular weight is 382 g/mol. The molecule has 0 bridgehead atoms. The van der Waals surface area contributed by atoms with Crippen LogP contribution in [0.25, 0.3) is 10.8 Å². The van der Waals surface area contributed by atoms with Crippen LogP contribution in [-0.4, -0.2) is 28.2 Å². The van der Waals surface area contributed by atoms with Crippen LogP contribution in [0.15, 0.2) is 42.7 Å². The zero-order valence-electron chi connectivity index (χ0n) is 15.1. The van der Waals surface area contributed by atoms with Crippen molar-refractivity contribution < 1.29 is 14.0 Å². The number of amides is 1. The lowest BCUT2D eigenvalue weighted by atomic mass is 10.1. The van der Waals surface area contributed by atoms with Gasteiger partial charge in [-0.15, -0.1) is 0 Å². The monoisotopic (exact) mass is 382 g/mol. The van der Waals surface area contributed by atoms with Gasteiger partial charge >= 0.3 is 0 Å². The van der Waals surface area contributed by atoms with E-state index >= 15 is 0 Å². The smallest absolute Gasteiger partial charge is 0.252 e. The molecule has 1 aromatic carbocycles. The van der Waals surface area contributed by atoms with Crippen LogP contribution >= 0.6 is 0 Å². The molecule has 2 aromatic heterocycles. The Morgan fingerprint density at radius 1 is 1.32 bits per heavy atom. The number of nitrogens with zero attached hydrogens (tertiary/aromatic N) is 3. The Hall–Kier alpha value is -3.59. The highest BCUT2D eigenvalue weighted by Gasteiger charge is 2.21. The second kappa shape index (κ2) is 7.97. The van der Waals surface area contributed by atoms with Gasteiger partial charge in [0.2, 0.25) is 0 Å². The van der Waals surface area contributed by atoms with Gasteiger partial charge in [-0.25, -0.2) is 15.2 Å². The highest BCUT2D eigenvalue weighted by Crippen LogP contribution is 2.27. The fourth-order valence-electron chi connectivity index (χ4n) is 2.70. The second-order valence-electron chi connectivity index (χ2n) is 6.28. The highest BCUT2D eigenvalue weighted by molar-refractivity contribution is 5.99. The zero-order chi connectivity index (χ0) is 20.3. The summed E-state index contributed by atoms with van der Waals surface area (Å²) in [7, 11) is 0. The number of pyridine rings is 2. The van der Waals surface area contributed by atoms with E-state index in [1.54, 1.807) is 25.4 Å². The van der Waals surface area contributed by atoms with Crippen molar-refractivity contribution in [3.63, 3.8) is 0 Å². The van der Waals surface area contributed by atoms with Crippen LogP contribution in [0.1, 0.15) is 23.7 Å². The molecular formula is C19H19FN6O2. The van der Waals surface area contributed by atoms with Gasteiger partial charge in [0.05, 0.1) is 11.6 Å². The van der Waals surface area contributed by atoms with E-state index in [1.807, 2.05) is 18.2 Å². The van der Waals surface area contributed by atoms with Gasteiger partial charge in [0.25, 0.3) is 5.91 Å². The molecule has 28 heavy (non-hydrogen) atoms. The first-order valence-corrected chi connectivity index (χ1v) is 8.49. The molecule has 3 rings (SSSR count). The number of hydrazine groups is 1. The van der Waals surface area contributed by atoms with Crippen molar-refractivity contribution in [2.45, 2.75) is 19.4 Å². The molecule has 1 atom stereocenters. The predicted molar refractivity (Wildman–Crippen MR) is 105 cm³/mol. The van der Waals surface area contributed by atoms with Crippen molar-refractivity contribution in [3.8, 4) is 0 Å². The molecule has 2 heterocycles. The van der Waals surface area contributed by atoms with Crippen molar-refractivity contribution in [1.29, 1.82) is 0 Å².